The van der Waals surface area contributed by atoms with Crippen molar-refractivity contribution in [2.75, 3.05) is 13.2 Å². The van der Waals surface area contributed by atoms with Crippen molar-refractivity contribution in [1.29, 1.82) is 0 Å². The highest BCUT2D eigenvalue weighted by atomic mass is 16.5. The molecule has 2 saturated heterocycles. The predicted octanol–water partition coefficient (Wildman–Crippen LogP) is 3.97. The molecule has 2 heteroatoms. The van der Waals surface area contributed by atoms with Gasteiger partial charge in [0.2, 0.25) is 0 Å². The average Bonchev–Trinajstić information content (AvgIpc) is 2.49. The van der Waals surface area contributed by atoms with Gasteiger partial charge in [-0.1, -0.05) is 12.1 Å². The summed E-state index contributed by atoms with van der Waals surface area (Å²) in [6, 6.07) is 9.47. The van der Waals surface area contributed by atoms with Gasteiger partial charge in [0.05, 0.1) is 12.2 Å². The molecule has 2 nitrogen and oxygen atoms in total. The molecule has 2 aliphatic heterocycles. The van der Waals surface area contributed by atoms with Gasteiger partial charge in [0.15, 0.2) is 0 Å². The first kappa shape index (κ1) is 12.2. The quantitative estimate of drug-likeness (QED) is 0.785. The maximum absolute atomic E-state index is 5.93. The Morgan fingerprint density at radius 1 is 0.889 bits per heavy atom. The molecule has 3 rings (SSSR count). The van der Waals surface area contributed by atoms with Crippen molar-refractivity contribution >= 4 is 0 Å². The lowest BCUT2D eigenvalue weighted by atomic mass is 9.91. The minimum Gasteiger partial charge on any atom is -0.374 e. The normalized spacial score (nSPS) is 29.1. The van der Waals surface area contributed by atoms with Crippen molar-refractivity contribution in [1.82, 2.24) is 0 Å². The lowest BCUT2D eigenvalue weighted by Crippen LogP contribution is -2.17. The van der Waals surface area contributed by atoms with Crippen molar-refractivity contribution in [3.8, 4) is 0 Å². The summed E-state index contributed by atoms with van der Waals surface area (Å²) in [4.78, 5) is 0. The van der Waals surface area contributed by atoms with E-state index in [1.54, 1.807) is 0 Å². The number of ether oxygens (including phenoxy) is 2. The van der Waals surface area contributed by atoms with E-state index in [4.69, 9.17) is 9.47 Å². The molecule has 1 aromatic rings. The van der Waals surface area contributed by atoms with E-state index in [0.717, 1.165) is 26.1 Å². The smallest absolute Gasteiger partial charge is 0.0828 e. The van der Waals surface area contributed by atoms with Crippen molar-refractivity contribution in [3.63, 3.8) is 0 Å². The van der Waals surface area contributed by atoms with E-state index in [9.17, 15) is 0 Å². The van der Waals surface area contributed by atoms with Gasteiger partial charge in [-0.3, -0.25) is 0 Å². The number of benzene rings is 1. The third kappa shape index (κ3) is 2.60. The fourth-order valence-electron chi connectivity index (χ4n) is 3.00. The van der Waals surface area contributed by atoms with Gasteiger partial charge in [-0.05, 0) is 61.8 Å². The Kier molecular flexibility index (Phi) is 3.96. The summed E-state index contributed by atoms with van der Waals surface area (Å²) in [6.45, 7) is 1.79. The molecule has 18 heavy (non-hydrogen) atoms. The molecule has 1 aromatic carbocycles. The summed E-state index contributed by atoms with van der Waals surface area (Å²) in [5.41, 5.74) is 2.64. The zero-order chi connectivity index (χ0) is 12.2. The lowest BCUT2D eigenvalue weighted by Gasteiger charge is -2.29. The zero-order valence-corrected chi connectivity index (χ0v) is 10.9. The minimum absolute atomic E-state index is 0.261. The van der Waals surface area contributed by atoms with Gasteiger partial charge in [-0.15, -0.1) is 0 Å². The van der Waals surface area contributed by atoms with Crippen LogP contribution in [0.5, 0.6) is 0 Å². The van der Waals surface area contributed by atoms with E-state index in [1.807, 2.05) is 6.07 Å². The highest BCUT2D eigenvalue weighted by molar-refractivity contribution is 5.31. The van der Waals surface area contributed by atoms with Crippen LogP contribution in [0.4, 0.5) is 0 Å². The highest BCUT2D eigenvalue weighted by Crippen LogP contribution is 2.36. The number of hydrogen-bond donors (Lipinski definition) is 0. The van der Waals surface area contributed by atoms with Crippen LogP contribution in [0.1, 0.15) is 61.9 Å². The topological polar surface area (TPSA) is 18.5 Å². The zero-order valence-electron chi connectivity index (χ0n) is 10.9. The van der Waals surface area contributed by atoms with Gasteiger partial charge in [0.25, 0.3) is 0 Å². The van der Waals surface area contributed by atoms with Crippen LogP contribution in [0.2, 0.25) is 0 Å². The van der Waals surface area contributed by atoms with Crippen molar-refractivity contribution in [2.24, 2.45) is 0 Å². The molecular weight excluding hydrogens is 224 g/mol. The molecule has 0 saturated carbocycles. The van der Waals surface area contributed by atoms with Crippen LogP contribution in [0.15, 0.2) is 18.2 Å². The summed E-state index contributed by atoms with van der Waals surface area (Å²) >= 11 is 0. The van der Waals surface area contributed by atoms with Gasteiger partial charge in [0.1, 0.15) is 0 Å². The molecule has 0 amide bonds. The van der Waals surface area contributed by atoms with Crippen LogP contribution in [0.3, 0.4) is 0 Å². The van der Waals surface area contributed by atoms with Gasteiger partial charge < -0.3 is 9.47 Å². The third-order valence-corrected chi connectivity index (χ3v) is 3.98. The van der Waals surface area contributed by atoms with Gasteiger partial charge in [-0.25, -0.2) is 0 Å². The fraction of sp³-hybridized carbons (Fsp3) is 0.625. The van der Waals surface area contributed by atoms with E-state index < -0.39 is 0 Å². The van der Waals surface area contributed by atoms with E-state index in [0.29, 0.717) is 0 Å². The van der Waals surface area contributed by atoms with E-state index in [-0.39, 0.29) is 12.2 Å². The van der Waals surface area contributed by atoms with Crippen LogP contribution in [-0.4, -0.2) is 13.2 Å². The van der Waals surface area contributed by atoms with E-state index >= 15 is 0 Å². The van der Waals surface area contributed by atoms with E-state index in [2.05, 4.69) is 18.2 Å². The fourth-order valence-corrected chi connectivity index (χ4v) is 3.00. The molecule has 1 radical (unpaired) electrons. The van der Waals surface area contributed by atoms with Crippen molar-refractivity contribution < 1.29 is 9.47 Å². The standard InChI is InChI=1S/C16H21O2/c1-2-8-14(16-10-4-6-12-18-16)13(7-1)15-9-3-5-11-17-15/h1,7-8,15-16H,3-6,9-12H2. The molecule has 97 valence electrons. The maximum atomic E-state index is 5.93. The van der Waals surface area contributed by atoms with Crippen LogP contribution in [0.25, 0.3) is 0 Å². The summed E-state index contributed by atoms with van der Waals surface area (Å²) < 4.78 is 11.8. The van der Waals surface area contributed by atoms with Crippen LogP contribution >= 0.6 is 0 Å². The van der Waals surface area contributed by atoms with Crippen LogP contribution in [-0.2, 0) is 9.47 Å². The molecular formula is C16H21O2. The Balaban J connectivity index is 1.83. The Bertz CT molecular complexity index is 339. The summed E-state index contributed by atoms with van der Waals surface area (Å²) in [6.07, 6.45) is 7.75. The van der Waals surface area contributed by atoms with Gasteiger partial charge in [-0.2, -0.15) is 0 Å². The Morgan fingerprint density at radius 2 is 1.56 bits per heavy atom. The highest BCUT2D eigenvalue weighted by Gasteiger charge is 2.24. The second-order valence-electron chi connectivity index (χ2n) is 5.27. The predicted molar refractivity (Wildman–Crippen MR) is 70.4 cm³/mol. The average molecular weight is 245 g/mol. The first-order valence-electron chi connectivity index (χ1n) is 7.18. The first-order chi connectivity index (χ1) is 8.95. The molecule has 2 aliphatic rings. The molecule has 0 bridgehead atoms. The lowest BCUT2D eigenvalue weighted by molar-refractivity contribution is -0.000540. The minimum atomic E-state index is 0.261. The molecule has 2 unspecified atom stereocenters. The Labute approximate surface area is 109 Å². The second kappa shape index (κ2) is 5.85. The Morgan fingerprint density at radius 3 is 2.17 bits per heavy atom. The summed E-state index contributed by atoms with van der Waals surface area (Å²) in [5.74, 6) is 0. The largest absolute Gasteiger partial charge is 0.374 e. The Hall–Kier alpha value is -0.860. The molecule has 0 aromatic heterocycles. The number of rotatable bonds is 2. The van der Waals surface area contributed by atoms with Crippen molar-refractivity contribution in [3.05, 3.63) is 35.4 Å². The summed E-state index contributed by atoms with van der Waals surface area (Å²) in [5, 5.41) is 0. The van der Waals surface area contributed by atoms with E-state index in [1.165, 1.54) is 36.8 Å². The third-order valence-electron chi connectivity index (χ3n) is 3.98. The molecule has 2 fully saturated rings. The second-order valence-corrected chi connectivity index (χ2v) is 5.27. The molecule has 2 atom stereocenters. The molecule has 0 spiro atoms. The monoisotopic (exact) mass is 245 g/mol. The van der Waals surface area contributed by atoms with Gasteiger partial charge in [0, 0.05) is 13.2 Å². The molecule has 0 aliphatic carbocycles. The first-order valence-corrected chi connectivity index (χ1v) is 7.18. The number of hydrogen-bond acceptors (Lipinski definition) is 2. The molecule has 2 heterocycles. The van der Waals surface area contributed by atoms with Gasteiger partial charge >= 0.3 is 0 Å². The maximum Gasteiger partial charge on any atom is 0.0828 e. The SMILES string of the molecule is [c]1ccc(C2CCCCO2)c(C2CCCCO2)c1. The molecule has 0 N–H and O–H groups in total. The van der Waals surface area contributed by atoms with Crippen molar-refractivity contribution in [2.45, 2.75) is 50.7 Å². The van der Waals surface area contributed by atoms with Crippen LogP contribution < -0.4 is 0 Å². The summed E-state index contributed by atoms with van der Waals surface area (Å²) in [7, 11) is 0. The van der Waals surface area contributed by atoms with Crippen LogP contribution in [0, 0.1) is 6.07 Å².